The summed E-state index contributed by atoms with van der Waals surface area (Å²) in [6.07, 6.45) is 0.793. The van der Waals surface area contributed by atoms with Crippen LogP contribution >= 0.6 is 0 Å². The number of rotatable bonds is 3. The Morgan fingerprint density at radius 2 is 2.21 bits per heavy atom. The molecule has 0 radical (unpaired) electrons. The lowest BCUT2D eigenvalue weighted by Crippen LogP contribution is -2.38. The summed E-state index contributed by atoms with van der Waals surface area (Å²) < 4.78 is 5.16. The summed E-state index contributed by atoms with van der Waals surface area (Å²) in [5.74, 6) is -1.01. The fourth-order valence-electron chi connectivity index (χ4n) is 1.99. The zero-order valence-electron chi connectivity index (χ0n) is 10.6. The Morgan fingerprint density at radius 1 is 1.42 bits per heavy atom. The Balaban J connectivity index is 2.04. The second kappa shape index (κ2) is 5.71. The second-order valence-corrected chi connectivity index (χ2v) is 4.44. The van der Waals surface area contributed by atoms with E-state index in [1.165, 1.54) is 6.07 Å². The van der Waals surface area contributed by atoms with Crippen molar-refractivity contribution in [2.45, 2.75) is 19.4 Å². The molecular weight excluding hydrogens is 248 g/mol. The summed E-state index contributed by atoms with van der Waals surface area (Å²) in [7, 11) is 0. The number of hydrogen-bond donors (Lipinski definition) is 3. The van der Waals surface area contributed by atoms with E-state index in [9.17, 15) is 9.59 Å². The zero-order valence-corrected chi connectivity index (χ0v) is 10.6. The number of aromatic carboxylic acids is 1. The van der Waals surface area contributed by atoms with Crippen LogP contribution in [-0.2, 0) is 4.74 Å². The number of carboxylic acids is 1. The Morgan fingerprint density at radius 3 is 2.84 bits per heavy atom. The van der Waals surface area contributed by atoms with Crippen molar-refractivity contribution in [2.24, 2.45) is 0 Å². The van der Waals surface area contributed by atoms with Crippen LogP contribution in [0.1, 0.15) is 22.3 Å². The molecule has 1 aliphatic heterocycles. The summed E-state index contributed by atoms with van der Waals surface area (Å²) in [4.78, 5) is 22.8. The van der Waals surface area contributed by atoms with Crippen molar-refractivity contribution in [1.82, 2.24) is 5.32 Å². The molecular formula is C13H16N2O4. The highest BCUT2D eigenvalue weighted by Crippen LogP contribution is 2.19. The van der Waals surface area contributed by atoms with E-state index >= 15 is 0 Å². The molecule has 0 spiro atoms. The van der Waals surface area contributed by atoms with Crippen LogP contribution in [0.15, 0.2) is 18.2 Å². The third kappa shape index (κ3) is 3.23. The number of carbonyl (C=O) groups excluding carboxylic acids is 1. The van der Waals surface area contributed by atoms with Crippen LogP contribution in [0, 0.1) is 6.92 Å². The van der Waals surface area contributed by atoms with Gasteiger partial charge in [-0.2, -0.15) is 0 Å². The van der Waals surface area contributed by atoms with Gasteiger partial charge in [-0.25, -0.2) is 9.59 Å². The summed E-state index contributed by atoms with van der Waals surface area (Å²) >= 11 is 0. The molecule has 3 N–H and O–H groups in total. The first kappa shape index (κ1) is 13.4. The van der Waals surface area contributed by atoms with E-state index in [1.54, 1.807) is 19.1 Å². The molecule has 0 aliphatic carbocycles. The van der Waals surface area contributed by atoms with Gasteiger partial charge in [0.25, 0.3) is 0 Å². The van der Waals surface area contributed by atoms with E-state index in [1.807, 2.05) is 0 Å². The van der Waals surface area contributed by atoms with E-state index in [0.29, 0.717) is 24.5 Å². The number of hydrogen-bond acceptors (Lipinski definition) is 3. The fraction of sp³-hybridized carbons (Fsp3) is 0.385. The highest BCUT2D eigenvalue weighted by Gasteiger charge is 2.18. The van der Waals surface area contributed by atoms with E-state index in [-0.39, 0.29) is 17.6 Å². The van der Waals surface area contributed by atoms with Crippen molar-refractivity contribution < 1.29 is 19.4 Å². The van der Waals surface area contributed by atoms with Crippen molar-refractivity contribution >= 4 is 17.7 Å². The van der Waals surface area contributed by atoms with Gasteiger partial charge in [-0.1, -0.05) is 6.07 Å². The van der Waals surface area contributed by atoms with Gasteiger partial charge in [0.2, 0.25) is 0 Å². The topological polar surface area (TPSA) is 87.7 Å². The molecule has 0 saturated carbocycles. The average Bonchev–Trinajstić information content (AvgIpc) is 2.84. The smallest absolute Gasteiger partial charge is 0.336 e. The molecule has 1 fully saturated rings. The predicted molar refractivity (Wildman–Crippen MR) is 69.5 cm³/mol. The normalized spacial score (nSPS) is 18.1. The van der Waals surface area contributed by atoms with E-state index < -0.39 is 5.97 Å². The second-order valence-electron chi connectivity index (χ2n) is 4.44. The molecule has 2 rings (SSSR count). The fourth-order valence-corrected chi connectivity index (χ4v) is 1.99. The minimum absolute atomic E-state index is 0.0166. The molecule has 1 unspecified atom stereocenters. The number of benzene rings is 1. The molecule has 1 aromatic rings. The molecule has 6 heteroatoms. The lowest BCUT2D eigenvalue weighted by molar-refractivity contribution is 0.0696. The minimum Gasteiger partial charge on any atom is -0.478 e. The summed E-state index contributed by atoms with van der Waals surface area (Å²) in [6, 6.07) is 4.45. The van der Waals surface area contributed by atoms with Crippen LogP contribution in [-0.4, -0.2) is 36.4 Å². The van der Waals surface area contributed by atoms with Gasteiger partial charge in [-0.05, 0) is 31.0 Å². The van der Waals surface area contributed by atoms with Gasteiger partial charge >= 0.3 is 12.0 Å². The van der Waals surface area contributed by atoms with Crippen LogP contribution in [0.4, 0.5) is 10.5 Å². The van der Waals surface area contributed by atoms with E-state index in [4.69, 9.17) is 9.84 Å². The molecule has 0 bridgehead atoms. The molecule has 6 nitrogen and oxygen atoms in total. The van der Waals surface area contributed by atoms with Crippen molar-refractivity contribution in [3.05, 3.63) is 29.3 Å². The first-order valence-corrected chi connectivity index (χ1v) is 6.06. The molecule has 0 aromatic heterocycles. The standard InChI is InChI=1S/C13H16N2O4/c1-8-10(12(16)17)3-2-4-11(8)15-13(18)14-9-5-6-19-7-9/h2-4,9H,5-7H2,1H3,(H,16,17)(H2,14,15,18). The van der Waals surface area contributed by atoms with E-state index in [2.05, 4.69) is 10.6 Å². The van der Waals surface area contributed by atoms with Crippen LogP contribution < -0.4 is 10.6 Å². The van der Waals surface area contributed by atoms with Crippen LogP contribution in [0.5, 0.6) is 0 Å². The van der Waals surface area contributed by atoms with Gasteiger partial charge in [-0.3, -0.25) is 0 Å². The average molecular weight is 264 g/mol. The van der Waals surface area contributed by atoms with Crippen LogP contribution in [0.2, 0.25) is 0 Å². The quantitative estimate of drug-likeness (QED) is 0.773. The third-order valence-electron chi connectivity index (χ3n) is 3.08. The highest BCUT2D eigenvalue weighted by atomic mass is 16.5. The SMILES string of the molecule is Cc1c(NC(=O)NC2CCOC2)cccc1C(=O)O. The molecule has 1 heterocycles. The Labute approximate surface area is 110 Å². The molecule has 102 valence electrons. The summed E-state index contributed by atoms with van der Waals surface area (Å²) in [5, 5.41) is 14.5. The van der Waals surface area contributed by atoms with Crippen molar-refractivity contribution in [2.75, 3.05) is 18.5 Å². The number of ether oxygens (including phenoxy) is 1. The summed E-state index contributed by atoms with van der Waals surface area (Å²) in [5.41, 5.74) is 1.21. The number of urea groups is 1. The molecule has 1 aliphatic rings. The number of carboxylic acid groups (broad SMARTS) is 1. The predicted octanol–water partition coefficient (Wildman–Crippen LogP) is 1.60. The van der Waals surface area contributed by atoms with Gasteiger partial charge in [0.1, 0.15) is 0 Å². The van der Waals surface area contributed by atoms with E-state index in [0.717, 1.165) is 6.42 Å². The molecule has 1 atom stereocenters. The van der Waals surface area contributed by atoms with Gasteiger partial charge in [0.15, 0.2) is 0 Å². The number of anilines is 1. The van der Waals surface area contributed by atoms with Crippen LogP contribution in [0.3, 0.4) is 0 Å². The number of amides is 2. The minimum atomic E-state index is -1.01. The summed E-state index contributed by atoms with van der Waals surface area (Å²) in [6.45, 7) is 2.83. The Kier molecular flexibility index (Phi) is 4.01. The lowest BCUT2D eigenvalue weighted by atomic mass is 10.1. The number of nitrogens with one attached hydrogen (secondary N) is 2. The monoisotopic (exact) mass is 264 g/mol. The lowest BCUT2D eigenvalue weighted by Gasteiger charge is -2.14. The Bertz CT molecular complexity index is 495. The maximum Gasteiger partial charge on any atom is 0.336 e. The molecule has 1 aromatic carbocycles. The maximum absolute atomic E-state index is 11.8. The van der Waals surface area contributed by atoms with Gasteiger partial charge in [0.05, 0.1) is 18.2 Å². The number of carbonyl (C=O) groups is 2. The first-order valence-electron chi connectivity index (χ1n) is 6.06. The van der Waals surface area contributed by atoms with Crippen molar-refractivity contribution in [3.8, 4) is 0 Å². The zero-order chi connectivity index (χ0) is 13.8. The Hall–Kier alpha value is -2.08. The van der Waals surface area contributed by atoms with Crippen molar-refractivity contribution in [1.29, 1.82) is 0 Å². The molecule has 19 heavy (non-hydrogen) atoms. The molecule has 1 saturated heterocycles. The highest BCUT2D eigenvalue weighted by molar-refractivity contribution is 5.95. The first-order chi connectivity index (χ1) is 9.08. The third-order valence-corrected chi connectivity index (χ3v) is 3.08. The van der Waals surface area contributed by atoms with Crippen molar-refractivity contribution in [3.63, 3.8) is 0 Å². The van der Waals surface area contributed by atoms with Gasteiger partial charge < -0.3 is 20.5 Å². The maximum atomic E-state index is 11.8. The van der Waals surface area contributed by atoms with Gasteiger partial charge in [-0.15, -0.1) is 0 Å². The molecule has 2 amide bonds. The largest absolute Gasteiger partial charge is 0.478 e. The van der Waals surface area contributed by atoms with Crippen LogP contribution in [0.25, 0.3) is 0 Å². The van der Waals surface area contributed by atoms with Gasteiger partial charge in [0, 0.05) is 12.3 Å².